The summed E-state index contributed by atoms with van der Waals surface area (Å²) in [6, 6.07) is 0. The van der Waals surface area contributed by atoms with Crippen LogP contribution >= 0.6 is 11.6 Å². The quantitative estimate of drug-likeness (QED) is 0.474. The van der Waals surface area contributed by atoms with Crippen LogP contribution in [0.3, 0.4) is 0 Å². The predicted molar refractivity (Wildman–Crippen MR) is 101 cm³/mol. The Morgan fingerprint density at radius 3 is 2.48 bits per heavy atom. The number of esters is 2. The molecule has 164 valence electrons. The van der Waals surface area contributed by atoms with E-state index in [1.807, 2.05) is 0 Å². The molecule has 2 aliphatic rings. The Morgan fingerprint density at radius 1 is 1.16 bits per heavy atom. The molecule has 2 aromatic heterocycles. The smallest absolute Gasteiger partial charge is 0.303 e. The molecule has 4 rings (SSSR count). The average molecular weight is 452 g/mol. The largest absolute Gasteiger partial charge is 0.455 e. The molecule has 2 fully saturated rings. The number of imide groups is 1. The summed E-state index contributed by atoms with van der Waals surface area (Å²) in [7, 11) is 0. The lowest BCUT2D eigenvalue weighted by Crippen LogP contribution is -2.52. The Balaban J connectivity index is 1.85. The summed E-state index contributed by atoms with van der Waals surface area (Å²) in [5, 5.41) is 0.0942. The number of hydrogen-bond acceptors (Lipinski definition) is 10. The highest BCUT2D eigenvalue weighted by Crippen LogP contribution is 2.47. The summed E-state index contributed by atoms with van der Waals surface area (Å²) in [6.07, 6.45) is -1.05. The van der Waals surface area contributed by atoms with Gasteiger partial charge in [-0.2, -0.15) is 0 Å². The number of amides is 2. The average Bonchev–Trinajstić information content (AvgIpc) is 3.33. The summed E-state index contributed by atoms with van der Waals surface area (Å²) in [6.45, 7) is 3.64. The molecule has 2 saturated heterocycles. The molecule has 1 spiro atoms. The summed E-state index contributed by atoms with van der Waals surface area (Å²) < 4.78 is 18.4. The van der Waals surface area contributed by atoms with E-state index in [1.54, 1.807) is 0 Å². The van der Waals surface area contributed by atoms with Gasteiger partial charge in [-0.1, -0.05) is 11.6 Å². The maximum Gasteiger partial charge on any atom is 0.303 e. The molecule has 0 N–H and O–H groups in total. The van der Waals surface area contributed by atoms with Crippen molar-refractivity contribution in [2.75, 3.05) is 6.54 Å². The molecule has 2 aliphatic heterocycles. The summed E-state index contributed by atoms with van der Waals surface area (Å²) in [4.78, 5) is 62.1. The number of halogens is 1. The number of fused-ring (bicyclic) bond motifs is 1. The van der Waals surface area contributed by atoms with E-state index in [9.17, 15) is 19.2 Å². The molecule has 0 unspecified atom stereocenters. The van der Waals surface area contributed by atoms with Crippen LogP contribution in [0.5, 0.6) is 0 Å². The van der Waals surface area contributed by atoms with E-state index >= 15 is 0 Å². The fraction of sp³-hybridized carbons (Fsp3) is 0.500. The molecule has 0 radical (unpaired) electrons. The summed E-state index contributed by atoms with van der Waals surface area (Å²) >= 11 is 6.07. The second-order valence-electron chi connectivity index (χ2n) is 7.22. The van der Waals surface area contributed by atoms with E-state index in [0.29, 0.717) is 0 Å². The van der Waals surface area contributed by atoms with Gasteiger partial charge in [0.25, 0.3) is 5.91 Å². The van der Waals surface area contributed by atoms with Gasteiger partial charge >= 0.3 is 11.9 Å². The van der Waals surface area contributed by atoms with Crippen LogP contribution in [-0.4, -0.2) is 72.5 Å². The standard InChI is InChI=1S/C18H18ClN5O7/c1-8(25)23-5-4-18(17(23)28)13(30-10(3)27)12(29-9(2)26)16(31-18)24-7-22-11-14(19)20-6-21-15(11)24/h6-7,12-13,16H,4-5H2,1-3H3/t12-,13+,16-,18+/m1/s1. The molecular formula is C18H18ClN5O7. The number of nitrogens with zero attached hydrogens (tertiary/aromatic N) is 5. The molecular weight excluding hydrogens is 434 g/mol. The van der Waals surface area contributed by atoms with Crippen molar-refractivity contribution >= 4 is 46.5 Å². The lowest BCUT2D eigenvalue weighted by atomic mass is 9.93. The normalized spacial score (nSPS) is 27.8. The molecule has 0 saturated carbocycles. The van der Waals surface area contributed by atoms with Crippen LogP contribution in [-0.2, 0) is 33.4 Å². The molecule has 4 atom stereocenters. The van der Waals surface area contributed by atoms with Crippen molar-refractivity contribution in [1.29, 1.82) is 0 Å². The number of hydrogen-bond donors (Lipinski definition) is 0. The Kier molecular flexibility index (Phi) is 5.13. The van der Waals surface area contributed by atoms with Gasteiger partial charge in [0.2, 0.25) is 5.91 Å². The lowest BCUT2D eigenvalue weighted by Gasteiger charge is -2.28. The number of carbonyl (C=O) groups excluding carboxylic acids is 4. The highest BCUT2D eigenvalue weighted by atomic mass is 35.5. The first kappa shape index (κ1) is 21.1. The van der Waals surface area contributed by atoms with Gasteiger partial charge in [0.1, 0.15) is 11.8 Å². The van der Waals surface area contributed by atoms with Crippen molar-refractivity contribution in [2.24, 2.45) is 0 Å². The first-order chi connectivity index (χ1) is 14.7. The van der Waals surface area contributed by atoms with Crippen molar-refractivity contribution in [3.8, 4) is 0 Å². The van der Waals surface area contributed by atoms with E-state index in [4.69, 9.17) is 25.8 Å². The number of imidazole rings is 1. The van der Waals surface area contributed by atoms with Crippen molar-refractivity contribution in [3.05, 3.63) is 17.8 Å². The number of likely N-dealkylation sites (tertiary alicyclic amines) is 1. The Morgan fingerprint density at radius 2 is 1.87 bits per heavy atom. The van der Waals surface area contributed by atoms with Crippen LogP contribution in [0.2, 0.25) is 5.15 Å². The van der Waals surface area contributed by atoms with Gasteiger partial charge in [0.05, 0.1) is 6.33 Å². The van der Waals surface area contributed by atoms with Crippen LogP contribution in [0.15, 0.2) is 12.7 Å². The number of aromatic nitrogens is 4. The van der Waals surface area contributed by atoms with E-state index in [2.05, 4.69) is 15.0 Å². The minimum atomic E-state index is -1.73. The van der Waals surface area contributed by atoms with Crippen molar-refractivity contribution in [1.82, 2.24) is 24.4 Å². The van der Waals surface area contributed by atoms with Gasteiger partial charge in [-0.05, 0) is 0 Å². The third-order valence-corrected chi connectivity index (χ3v) is 5.52. The third-order valence-electron chi connectivity index (χ3n) is 5.25. The van der Waals surface area contributed by atoms with Crippen molar-refractivity contribution in [3.63, 3.8) is 0 Å². The highest BCUT2D eigenvalue weighted by Gasteiger charge is 2.67. The van der Waals surface area contributed by atoms with Gasteiger partial charge in [-0.25, -0.2) is 15.0 Å². The van der Waals surface area contributed by atoms with Crippen LogP contribution in [0, 0.1) is 0 Å². The predicted octanol–water partition coefficient (Wildman–Crippen LogP) is 0.389. The molecule has 4 heterocycles. The molecule has 0 aromatic carbocycles. The Bertz CT molecular complexity index is 1100. The third kappa shape index (κ3) is 3.31. The zero-order valence-electron chi connectivity index (χ0n) is 16.8. The monoisotopic (exact) mass is 451 g/mol. The summed E-state index contributed by atoms with van der Waals surface area (Å²) in [5.74, 6) is -2.55. The first-order valence-corrected chi connectivity index (χ1v) is 9.71. The molecule has 2 amide bonds. The van der Waals surface area contributed by atoms with Gasteiger partial charge < -0.3 is 14.2 Å². The van der Waals surface area contributed by atoms with Crippen LogP contribution in [0.25, 0.3) is 11.2 Å². The van der Waals surface area contributed by atoms with Crippen LogP contribution in [0.4, 0.5) is 0 Å². The molecule has 12 nitrogen and oxygen atoms in total. The fourth-order valence-corrected chi connectivity index (χ4v) is 4.21. The zero-order valence-corrected chi connectivity index (χ0v) is 17.5. The molecule has 0 aliphatic carbocycles. The number of ether oxygens (including phenoxy) is 3. The second kappa shape index (κ2) is 7.54. The van der Waals surface area contributed by atoms with E-state index in [1.165, 1.54) is 31.1 Å². The zero-order chi connectivity index (χ0) is 22.5. The number of carbonyl (C=O) groups is 4. The number of rotatable bonds is 3. The van der Waals surface area contributed by atoms with Crippen molar-refractivity contribution in [2.45, 2.75) is 51.2 Å². The molecule has 13 heteroatoms. The van der Waals surface area contributed by atoms with E-state index in [0.717, 1.165) is 11.8 Å². The van der Waals surface area contributed by atoms with Gasteiger partial charge in [-0.3, -0.25) is 28.6 Å². The van der Waals surface area contributed by atoms with Crippen LogP contribution in [0.1, 0.15) is 33.4 Å². The van der Waals surface area contributed by atoms with Gasteiger partial charge in [0.15, 0.2) is 34.8 Å². The van der Waals surface area contributed by atoms with Crippen molar-refractivity contribution < 1.29 is 33.4 Å². The summed E-state index contributed by atoms with van der Waals surface area (Å²) in [5.41, 5.74) is -1.20. The molecule has 0 bridgehead atoms. The fourth-order valence-electron chi connectivity index (χ4n) is 4.03. The van der Waals surface area contributed by atoms with Crippen LogP contribution < -0.4 is 0 Å². The Labute approximate surface area is 180 Å². The maximum absolute atomic E-state index is 13.2. The maximum atomic E-state index is 13.2. The highest BCUT2D eigenvalue weighted by molar-refractivity contribution is 6.33. The van der Waals surface area contributed by atoms with Gasteiger partial charge in [-0.15, -0.1) is 0 Å². The second-order valence-corrected chi connectivity index (χ2v) is 7.57. The first-order valence-electron chi connectivity index (χ1n) is 9.33. The molecule has 2 aromatic rings. The SMILES string of the molecule is CC(=O)O[C@H]1[C@H](n2cnc3c(Cl)ncnc32)O[C@@]2(CCN(C(C)=O)C2=O)[C@H]1OC(C)=O. The minimum Gasteiger partial charge on any atom is -0.455 e. The van der Waals surface area contributed by atoms with E-state index < -0.39 is 47.8 Å². The molecule has 31 heavy (non-hydrogen) atoms. The van der Waals surface area contributed by atoms with E-state index in [-0.39, 0.29) is 29.3 Å². The minimum absolute atomic E-state index is 0.0417. The lowest BCUT2D eigenvalue weighted by molar-refractivity contribution is -0.173. The Hall–Kier alpha value is -3.12. The topological polar surface area (TPSA) is 143 Å². The van der Waals surface area contributed by atoms with Gasteiger partial charge in [0, 0.05) is 33.7 Å².